The quantitative estimate of drug-likeness (QED) is 0.826. The number of aromatic nitrogens is 1. The summed E-state index contributed by atoms with van der Waals surface area (Å²) in [4.78, 5) is 0. The molecular weight excluding hydrogens is 232 g/mol. The highest BCUT2D eigenvalue weighted by molar-refractivity contribution is 6.31. The summed E-state index contributed by atoms with van der Waals surface area (Å²) >= 11 is 5.96. The summed E-state index contributed by atoms with van der Waals surface area (Å²) in [5.41, 5.74) is 6.17. The molecule has 2 N–H and O–H groups in total. The number of hydrogen-bond donors (Lipinski definition) is 1. The number of anilines is 1. The van der Waals surface area contributed by atoms with Crippen molar-refractivity contribution in [1.29, 1.82) is 0 Å². The van der Waals surface area contributed by atoms with Crippen LogP contribution in [-0.2, 0) is 0 Å². The van der Waals surface area contributed by atoms with Crippen LogP contribution in [0.2, 0.25) is 5.02 Å². The zero-order chi connectivity index (χ0) is 11.1. The third kappa shape index (κ3) is 1.37. The van der Waals surface area contributed by atoms with E-state index in [1.807, 2.05) is 0 Å². The van der Waals surface area contributed by atoms with Crippen LogP contribution in [0.1, 0.15) is 0 Å². The first-order chi connectivity index (χ1) is 7.74. The van der Waals surface area contributed by atoms with E-state index >= 15 is 0 Å². The fourth-order valence-electron chi connectivity index (χ4n) is 1.58. The van der Waals surface area contributed by atoms with E-state index in [0.29, 0.717) is 33.7 Å². The smallest absolute Gasteiger partial charge is 0.231 e. The fraction of sp³-hybridized carbons (Fsp3) is 0.100. The molecule has 0 amide bonds. The van der Waals surface area contributed by atoms with Crippen LogP contribution in [0.4, 0.5) is 5.82 Å². The summed E-state index contributed by atoms with van der Waals surface area (Å²) in [6, 6.07) is 5.01. The Morgan fingerprint density at radius 2 is 2.12 bits per heavy atom. The van der Waals surface area contributed by atoms with E-state index in [1.165, 1.54) is 0 Å². The Morgan fingerprint density at radius 1 is 1.25 bits per heavy atom. The first kappa shape index (κ1) is 9.35. The molecule has 0 spiro atoms. The predicted octanol–water partition coefficient (Wildman–Crippen LogP) is 2.31. The third-order valence-electron chi connectivity index (χ3n) is 2.23. The molecule has 0 saturated heterocycles. The average Bonchev–Trinajstić information content (AvgIpc) is 2.84. The number of fused-ring (bicyclic) bond motifs is 1. The van der Waals surface area contributed by atoms with Gasteiger partial charge < -0.3 is 19.7 Å². The van der Waals surface area contributed by atoms with Crippen molar-refractivity contribution < 1.29 is 14.0 Å². The van der Waals surface area contributed by atoms with Crippen molar-refractivity contribution in [3.05, 3.63) is 23.2 Å². The second-order valence-electron chi connectivity index (χ2n) is 3.30. The Bertz CT molecular complexity index is 553. The monoisotopic (exact) mass is 238 g/mol. The molecule has 0 unspecified atom stereocenters. The summed E-state index contributed by atoms with van der Waals surface area (Å²) in [6.07, 6.45) is 0. The fourth-order valence-corrected chi connectivity index (χ4v) is 1.78. The minimum Gasteiger partial charge on any atom is -0.454 e. The van der Waals surface area contributed by atoms with E-state index in [9.17, 15) is 0 Å². The lowest BCUT2D eigenvalue weighted by atomic mass is 10.1. The van der Waals surface area contributed by atoms with E-state index in [0.717, 1.165) is 0 Å². The van der Waals surface area contributed by atoms with E-state index in [4.69, 9.17) is 31.3 Å². The maximum Gasteiger partial charge on any atom is 0.231 e. The molecule has 82 valence electrons. The largest absolute Gasteiger partial charge is 0.454 e. The van der Waals surface area contributed by atoms with Crippen LogP contribution in [0, 0.1) is 0 Å². The highest BCUT2D eigenvalue weighted by Crippen LogP contribution is 2.43. The first-order valence-corrected chi connectivity index (χ1v) is 4.93. The van der Waals surface area contributed by atoms with Crippen molar-refractivity contribution in [2.75, 3.05) is 12.5 Å². The summed E-state index contributed by atoms with van der Waals surface area (Å²) in [5, 5.41) is 4.15. The van der Waals surface area contributed by atoms with Gasteiger partial charge in [-0.05, 0) is 6.07 Å². The SMILES string of the molecule is Nc1cc(-c2cc(Cl)cc3c2OCO3)on1. The standard InChI is InChI=1S/C10H7ClN2O3/c11-5-1-6(7-3-9(12)13-16-7)10-8(2-5)14-4-15-10/h1-3H,4H2,(H2,12,13). The number of rotatable bonds is 1. The lowest BCUT2D eigenvalue weighted by Crippen LogP contribution is -1.93. The van der Waals surface area contributed by atoms with Gasteiger partial charge in [0.25, 0.3) is 0 Å². The van der Waals surface area contributed by atoms with Gasteiger partial charge in [0, 0.05) is 17.2 Å². The molecule has 2 heterocycles. The molecule has 1 aliphatic heterocycles. The summed E-state index contributed by atoms with van der Waals surface area (Å²) in [7, 11) is 0. The van der Waals surface area contributed by atoms with Crippen LogP contribution in [0.5, 0.6) is 11.5 Å². The zero-order valence-corrected chi connectivity index (χ0v) is 8.82. The van der Waals surface area contributed by atoms with Gasteiger partial charge in [-0.15, -0.1) is 0 Å². The van der Waals surface area contributed by atoms with Crippen LogP contribution in [0.3, 0.4) is 0 Å². The maximum atomic E-state index is 5.96. The van der Waals surface area contributed by atoms with E-state index < -0.39 is 0 Å². The number of ether oxygens (including phenoxy) is 2. The van der Waals surface area contributed by atoms with Crippen molar-refractivity contribution in [3.63, 3.8) is 0 Å². The zero-order valence-electron chi connectivity index (χ0n) is 8.07. The molecule has 16 heavy (non-hydrogen) atoms. The van der Waals surface area contributed by atoms with Crippen molar-refractivity contribution in [1.82, 2.24) is 5.16 Å². The summed E-state index contributed by atoms with van der Waals surface area (Å²) < 4.78 is 15.6. The number of benzene rings is 1. The normalized spacial score (nSPS) is 13.1. The Morgan fingerprint density at radius 3 is 2.88 bits per heavy atom. The van der Waals surface area contributed by atoms with Gasteiger partial charge in [-0.1, -0.05) is 16.8 Å². The highest BCUT2D eigenvalue weighted by Gasteiger charge is 2.22. The third-order valence-corrected chi connectivity index (χ3v) is 2.45. The van der Waals surface area contributed by atoms with Crippen molar-refractivity contribution in [3.8, 4) is 22.8 Å². The average molecular weight is 239 g/mol. The predicted molar refractivity (Wildman–Crippen MR) is 57.5 cm³/mol. The van der Waals surface area contributed by atoms with Crippen LogP contribution >= 0.6 is 11.6 Å². The highest BCUT2D eigenvalue weighted by atomic mass is 35.5. The first-order valence-electron chi connectivity index (χ1n) is 4.56. The number of halogens is 1. The lowest BCUT2D eigenvalue weighted by molar-refractivity contribution is 0.174. The van der Waals surface area contributed by atoms with Crippen molar-refractivity contribution >= 4 is 17.4 Å². The number of hydrogen-bond acceptors (Lipinski definition) is 5. The molecule has 1 aromatic carbocycles. The van der Waals surface area contributed by atoms with E-state index in [2.05, 4.69) is 5.16 Å². The summed E-state index contributed by atoms with van der Waals surface area (Å²) in [6.45, 7) is 0.173. The molecule has 0 radical (unpaired) electrons. The number of nitrogens with zero attached hydrogens (tertiary/aromatic N) is 1. The maximum absolute atomic E-state index is 5.96. The minimum absolute atomic E-state index is 0.173. The van der Waals surface area contributed by atoms with Gasteiger partial charge in [-0.25, -0.2) is 0 Å². The molecule has 0 aliphatic carbocycles. The molecule has 0 atom stereocenters. The van der Waals surface area contributed by atoms with Gasteiger partial charge in [0.15, 0.2) is 23.1 Å². The number of nitrogen functional groups attached to an aromatic ring is 1. The van der Waals surface area contributed by atoms with Gasteiger partial charge in [0.2, 0.25) is 6.79 Å². The molecule has 0 saturated carbocycles. The second-order valence-corrected chi connectivity index (χ2v) is 3.74. The Labute approximate surface area is 95.7 Å². The van der Waals surface area contributed by atoms with E-state index in [1.54, 1.807) is 18.2 Å². The van der Waals surface area contributed by atoms with Gasteiger partial charge in [0.1, 0.15) is 0 Å². The summed E-state index contributed by atoms with van der Waals surface area (Å²) in [5.74, 6) is 2.00. The van der Waals surface area contributed by atoms with Crippen molar-refractivity contribution in [2.24, 2.45) is 0 Å². The molecule has 1 aromatic heterocycles. The molecule has 1 aliphatic rings. The van der Waals surface area contributed by atoms with E-state index in [-0.39, 0.29) is 6.79 Å². The Hall–Kier alpha value is -1.88. The molecule has 6 heteroatoms. The molecule has 0 bridgehead atoms. The van der Waals surface area contributed by atoms with Crippen LogP contribution in [0.15, 0.2) is 22.7 Å². The van der Waals surface area contributed by atoms with Crippen LogP contribution in [-0.4, -0.2) is 11.9 Å². The molecular formula is C10H7ClN2O3. The Kier molecular flexibility index (Phi) is 1.94. The molecule has 3 rings (SSSR count). The number of nitrogens with two attached hydrogens (primary N) is 1. The van der Waals surface area contributed by atoms with Gasteiger partial charge >= 0.3 is 0 Å². The lowest BCUT2D eigenvalue weighted by Gasteiger charge is -2.02. The molecule has 2 aromatic rings. The Balaban J connectivity index is 2.20. The topological polar surface area (TPSA) is 70.5 Å². The van der Waals surface area contributed by atoms with Gasteiger partial charge in [-0.3, -0.25) is 0 Å². The van der Waals surface area contributed by atoms with Gasteiger partial charge in [-0.2, -0.15) is 0 Å². The van der Waals surface area contributed by atoms with Crippen LogP contribution < -0.4 is 15.2 Å². The second kappa shape index (κ2) is 3.31. The van der Waals surface area contributed by atoms with Crippen LogP contribution in [0.25, 0.3) is 11.3 Å². The van der Waals surface area contributed by atoms with Gasteiger partial charge in [0.05, 0.1) is 5.56 Å². The molecule has 0 fully saturated rings. The van der Waals surface area contributed by atoms with Crippen molar-refractivity contribution in [2.45, 2.75) is 0 Å². The molecule has 5 nitrogen and oxygen atoms in total. The minimum atomic E-state index is 0.173.